The van der Waals surface area contributed by atoms with Gasteiger partial charge >= 0.3 is 12.0 Å². The number of aromatic nitrogens is 5. The number of ether oxygens (including phenoxy) is 1. The molecule has 0 aliphatic carbocycles. The fourth-order valence-corrected chi connectivity index (χ4v) is 10.4. The highest BCUT2D eigenvalue weighted by Gasteiger charge is 2.54. The summed E-state index contributed by atoms with van der Waals surface area (Å²) in [6, 6.07) is 5.77. The molecule has 7 heterocycles. The summed E-state index contributed by atoms with van der Waals surface area (Å²) < 4.78 is 54.5. The highest BCUT2D eigenvalue weighted by Crippen LogP contribution is 2.49. The summed E-state index contributed by atoms with van der Waals surface area (Å²) >= 11 is 7.84. The number of hydrogen-bond donors (Lipinski definition) is 1. The number of nitrogen functional groups attached to an aromatic ring is 1. The first-order valence-electron chi connectivity index (χ1n) is 17.6. The number of alkyl halides is 1. The quantitative estimate of drug-likeness (QED) is 0.214. The number of thiophene rings is 1. The Hall–Kier alpha value is -4.72. The number of amides is 1. The second-order valence-electron chi connectivity index (χ2n) is 14.7. The van der Waals surface area contributed by atoms with E-state index < -0.39 is 23.3 Å². The molecule has 9 rings (SSSR count). The molecule has 0 bridgehead atoms. The molecule has 53 heavy (non-hydrogen) atoms. The fraction of sp³-hybridized carbons (Fsp3) is 0.444. The average Bonchev–Trinajstić information content (AvgIpc) is 3.94. The van der Waals surface area contributed by atoms with Gasteiger partial charge in [0.2, 0.25) is 0 Å². The minimum absolute atomic E-state index is 0.0175. The number of piperidine rings is 1. The van der Waals surface area contributed by atoms with Crippen molar-refractivity contribution in [3.63, 3.8) is 0 Å². The molecule has 17 heteroatoms. The fourth-order valence-electron chi connectivity index (χ4n) is 9.18. The van der Waals surface area contributed by atoms with E-state index in [0.29, 0.717) is 43.8 Å². The monoisotopic (exact) mass is 762 g/mol. The van der Waals surface area contributed by atoms with Gasteiger partial charge in [-0.1, -0.05) is 17.7 Å². The molecule has 2 aromatic carbocycles. The molecule has 1 amide bonds. The van der Waals surface area contributed by atoms with E-state index in [1.54, 1.807) is 11.0 Å². The van der Waals surface area contributed by atoms with Crippen LogP contribution in [0.15, 0.2) is 30.9 Å². The summed E-state index contributed by atoms with van der Waals surface area (Å²) in [5.74, 6) is -0.962. The molecular formula is C36H34ClF3N10O2S. The van der Waals surface area contributed by atoms with Crippen LogP contribution in [0.1, 0.15) is 44.6 Å². The second kappa shape index (κ2) is 12.4. The van der Waals surface area contributed by atoms with Crippen molar-refractivity contribution in [3.05, 3.63) is 53.1 Å². The Labute approximate surface area is 310 Å². The lowest BCUT2D eigenvalue weighted by Gasteiger charge is -2.59. The zero-order valence-corrected chi connectivity index (χ0v) is 30.2. The third kappa shape index (κ3) is 5.22. The normalized spacial score (nSPS) is 25.7. The standard InChI is InChI=1S/C36H34ClF3N10O2S/c1-19-35(15-49(19)34(51)50-18-43-17-44-50)6-2-8-47(14-35)32-22-10-24(37)27(21-4-5-25(39)30-26(21)23(12-41)31(42)53-30)28(40)29(22)45-33(46-32)52-16-36-7-3-9-48(36)13-20(38)11-36/h4-5,10,17-20H,2-3,6-9,11,13-16,42H2,1H3/t19?,20-,35?,36+/m1/s1. The molecule has 12 nitrogen and oxygen atoms in total. The summed E-state index contributed by atoms with van der Waals surface area (Å²) in [5, 5.41) is 14.6. The lowest BCUT2D eigenvalue weighted by Crippen LogP contribution is -2.70. The van der Waals surface area contributed by atoms with Crippen molar-refractivity contribution >= 4 is 60.8 Å². The maximum absolute atomic E-state index is 17.2. The number of likely N-dealkylation sites (tertiary alicyclic amines) is 1. The van der Waals surface area contributed by atoms with Gasteiger partial charge in [0, 0.05) is 60.4 Å². The number of hydrogen-bond acceptors (Lipinski definition) is 11. The number of halogens is 4. The number of fused-ring (bicyclic) bond motifs is 3. The van der Waals surface area contributed by atoms with Gasteiger partial charge in [0.05, 0.1) is 20.8 Å². The van der Waals surface area contributed by atoms with Crippen molar-refractivity contribution in [2.75, 3.05) is 50.0 Å². The van der Waals surface area contributed by atoms with E-state index in [1.807, 2.05) is 13.0 Å². The zero-order chi connectivity index (χ0) is 36.8. The van der Waals surface area contributed by atoms with Gasteiger partial charge in [0.25, 0.3) is 0 Å². The van der Waals surface area contributed by atoms with Crippen molar-refractivity contribution in [3.8, 4) is 23.2 Å². The Morgan fingerprint density at radius 1 is 1.21 bits per heavy atom. The Bertz CT molecular complexity index is 2350. The number of anilines is 2. The van der Waals surface area contributed by atoms with E-state index in [-0.39, 0.29) is 72.4 Å². The number of nitrogens with zero attached hydrogens (tertiary/aromatic N) is 9. The topological polar surface area (TPSA) is 142 Å². The zero-order valence-electron chi connectivity index (χ0n) is 28.7. The molecule has 4 atom stereocenters. The van der Waals surface area contributed by atoms with Crippen LogP contribution in [0.25, 0.3) is 32.1 Å². The van der Waals surface area contributed by atoms with Crippen molar-refractivity contribution in [2.24, 2.45) is 5.41 Å². The minimum Gasteiger partial charge on any atom is -0.461 e. The van der Waals surface area contributed by atoms with Gasteiger partial charge in [-0.05, 0) is 56.8 Å². The number of carbonyl (C=O) groups is 1. The van der Waals surface area contributed by atoms with Crippen LogP contribution in [0.4, 0.5) is 28.8 Å². The maximum atomic E-state index is 17.2. The smallest absolute Gasteiger partial charge is 0.346 e. The molecule has 4 aliphatic rings. The molecule has 1 spiro atoms. The van der Waals surface area contributed by atoms with Crippen molar-refractivity contribution in [1.29, 1.82) is 5.26 Å². The van der Waals surface area contributed by atoms with Crippen LogP contribution in [-0.2, 0) is 0 Å². The van der Waals surface area contributed by atoms with Gasteiger partial charge in [-0.3, -0.25) is 4.90 Å². The second-order valence-corrected chi connectivity index (χ2v) is 16.2. The van der Waals surface area contributed by atoms with Gasteiger partial charge in [-0.2, -0.15) is 25.0 Å². The third-order valence-corrected chi connectivity index (χ3v) is 13.2. The van der Waals surface area contributed by atoms with E-state index in [2.05, 4.69) is 24.9 Å². The van der Waals surface area contributed by atoms with Crippen LogP contribution in [0, 0.1) is 28.4 Å². The Morgan fingerprint density at radius 3 is 2.81 bits per heavy atom. The van der Waals surface area contributed by atoms with Crippen LogP contribution in [0.5, 0.6) is 6.01 Å². The van der Waals surface area contributed by atoms with Crippen molar-refractivity contribution in [2.45, 2.75) is 56.8 Å². The summed E-state index contributed by atoms with van der Waals surface area (Å²) in [7, 11) is 0. The predicted octanol–water partition coefficient (Wildman–Crippen LogP) is 6.40. The van der Waals surface area contributed by atoms with E-state index in [4.69, 9.17) is 27.1 Å². The lowest BCUT2D eigenvalue weighted by atomic mass is 9.67. The van der Waals surface area contributed by atoms with Gasteiger partial charge in [-0.15, -0.1) is 11.3 Å². The summed E-state index contributed by atoms with van der Waals surface area (Å²) in [6.07, 6.45) is 5.41. The van der Waals surface area contributed by atoms with Crippen LogP contribution in [-0.4, -0.2) is 97.6 Å². The average molecular weight is 763 g/mol. The van der Waals surface area contributed by atoms with Crippen LogP contribution in [0.2, 0.25) is 5.02 Å². The van der Waals surface area contributed by atoms with Crippen LogP contribution < -0.4 is 15.4 Å². The third-order valence-electron chi connectivity index (χ3n) is 11.9. The van der Waals surface area contributed by atoms with Gasteiger partial charge in [-0.25, -0.2) is 22.9 Å². The Balaban J connectivity index is 1.14. The first-order valence-corrected chi connectivity index (χ1v) is 18.7. The number of nitriles is 1. The van der Waals surface area contributed by atoms with E-state index in [9.17, 15) is 18.8 Å². The van der Waals surface area contributed by atoms with Crippen molar-refractivity contribution < 1.29 is 22.7 Å². The number of nitrogens with two attached hydrogens (primary N) is 1. The van der Waals surface area contributed by atoms with E-state index >= 15 is 4.39 Å². The molecule has 0 radical (unpaired) electrons. The number of benzene rings is 2. The molecule has 3 aromatic heterocycles. The lowest BCUT2D eigenvalue weighted by molar-refractivity contribution is -0.0409. The van der Waals surface area contributed by atoms with Gasteiger partial charge < -0.3 is 20.3 Å². The summed E-state index contributed by atoms with van der Waals surface area (Å²) in [5.41, 5.74) is 5.45. The molecule has 4 fully saturated rings. The Morgan fingerprint density at radius 2 is 2.04 bits per heavy atom. The molecular weight excluding hydrogens is 729 g/mol. The van der Waals surface area contributed by atoms with Crippen LogP contribution in [0.3, 0.4) is 0 Å². The highest BCUT2D eigenvalue weighted by atomic mass is 35.5. The van der Waals surface area contributed by atoms with Crippen molar-refractivity contribution in [1.82, 2.24) is 34.5 Å². The molecule has 4 saturated heterocycles. The van der Waals surface area contributed by atoms with Crippen LogP contribution >= 0.6 is 22.9 Å². The highest BCUT2D eigenvalue weighted by molar-refractivity contribution is 7.23. The SMILES string of the molecule is CC1N(C(=O)n2cncn2)CC12CCCN(c1nc(OC[C@@]34CCCN3C[C@H](F)C4)nc3c(F)c(-c4ccc(F)c5sc(N)c(C#N)c45)c(Cl)cc13)C2. The summed E-state index contributed by atoms with van der Waals surface area (Å²) in [6.45, 7) is 4.87. The maximum Gasteiger partial charge on any atom is 0.346 e. The first-order chi connectivity index (χ1) is 25.5. The van der Waals surface area contributed by atoms with E-state index in [1.165, 1.54) is 29.5 Å². The molecule has 5 aromatic rings. The molecule has 2 N–H and O–H groups in total. The van der Waals surface area contributed by atoms with E-state index in [0.717, 1.165) is 43.6 Å². The molecule has 0 saturated carbocycles. The Kier molecular flexibility index (Phi) is 7.99. The molecule has 274 valence electrons. The van der Waals surface area contributed by atoms with Gasteiger partial charge in [0.15, 0.2) is 5.82 Å². The first kappa shape index (κ1) is 34.1. The largest absolute Gasteiger partial charge is 0.461 e. The van der Waals surface area contributed by atoms with Gasteiger partial charge in [0.1, 0.15) is 53.7 Å². The predicted molar refractivity (Wildman–Crippen MR) is 194 cm³/mol. The minimum atomic E-state index is -0.962. The molecule has 4 aliphatic heterocycles. The number of carbonyl (C=O) groups excluding carboxylic acids is 1. The summed E-state index contributed by atoms with van der Waals surface area (Å²) in [4.78, 5) is 32.5. The number of rotatable bonds is 5. The molecule has 2 unspecified atom stereocenters.